The summed E-state index contributed by atoms with van der Waals surface area (Å²) in [5, 5.41) is 0. The highest BCUT2D eigenvalue weighted by Gasteiger charge is 2.11. The molecule has 0 fully saturated rings. The van der Waals surface area contributed by atoms with Gasteiger partial charge in [0.05, 0.1) is 0 Å². The molecule has 0 aliphatic rings. The van der Waals surface area contributed by atoms with E-state index in [1.807, 2.05) is 26.0 Å². The van der Waals surface area contributed by atoms with E-state index < -0.39 is 11.6 Å². The third-order valence-electron chi connectivity index (χ3n) is 3.15. The van der Waals surface area contributed by atoms with Gasteiger partial charge in [-0.1, -0.05) is 23.8 Å². The Balaban J connectivity index is 2.06. The highest BCUT2D eigenvalue weighted by Crippen LogP contribution is 2.26. The van der Waals surface area contributed by atoms with E-state index in [0.717, 1.165) is 17.2 Å². The van der Waals surface area contributed by atoms with E-state index in [1.54, 1.807) is 6.07 Å². The van der Waals surface area contributed by atoms with Crippen LogP contribution in [0.4, 0.5) is 8.78 Å². The lowest BCUT2D eigenvalue weighted by Gasteiger charge is -2.15. The normalized spacial score (nSPS) is 12.4. The molecule has 1 nitrogen and oxygen atoms in total. The molecule has 20 heavy (non-hydrogen) atoms. The first-order chi connectivity index (χ1) is 9.47. The number of thioether (sulfide) groups is 1. The average Bonchev–Trinajstić information content (AvgIpc) is 2.42. The molecule has 0 heterocycles. The van der Waals surface area contributed by atoms with Gasteiger partial charge < -0.3 is 5.73 Å². The summed E-state index contributed by atoms with van der Waals surface area (Å²) in [7, 11) is 0. The van der Waals surface area contributed by atoms with Gasteiger partial charge in [0.15, 0.2) is 11.6 Å². The smallest absolute Gasteiger partial charge is 0.159 e. The minimum absolute atomic E-state index is 0.131. The van der Waals surface area contributed by atoms with Crippen molar-refractivity contribution in [1.29, 1.82) is 0 Å². The molecule has 1 atom stereocenters. The average molecular weight is 293 g/mol. The van der Waals surface area contributed by atoms with Crippen LogP contribution in [0.5, 0.6) is 0 Å². The maximum atomic E-state index is 13.1. The Morgan fingerprint density at radius 3 is 2.50 bits per heavy atom. The summed E-state index contributed by atoms with van der Waals surface area (Å²) in [5.41, 5.74) is 9.60. The van der Waals surface area contributed by atoms with Crippen molar-refractivity contribution < 1.29 is 8.78 Å². The first-order valence-corrected chi connectivity index (χ1v) is 7.36. The quantitative estimate of drug-likeness (QED) is 0.847. The van der Waals surface area contributed by atoms with Crippen LogP contribution in [0.2, 0.25) is 0 Å². The summed E-state index contributed by atoms with van der Waals surface area (Å²) in [6, 6.07) is 9.95. The number of hydrogen-bond acceptors (Lipinski definition) is 2. The lowest BCUT2D eigenvalue weighted by molar-refractivity contribution is 0.506. The maximum absolute atomic E-state index is 13.1. The molecule has 0 saturated carbocycles. The van der Waals surface area contributed by atoms with E-state index in [-0.39, 0.29) is 6.04 Å². The van der Waals surface area contributed by atoms with Crippen LogP contribution in [0.3, 0.4) is 0 Å². The Bertz CT molecular complexity index is 613. The summed E-state index contributed by atoms with van der Waals surface area (Å²) in [4.78, 5) is 0.685. The van der Waals surface area contributed by atoms with Crippen LogP contribution in [0.15, 0.2) is 41.3 Å². The van der Waals surface area contributed by atoms with E-state index in [1.165, 1.54) is 23.4 Å². The zero-order chi connectivity index (χ0) is 14.7. The van der Waals surface area contributed by atoms with Gasteiger partial charge in [0, 0.05) is 16.7 Å². The van der Waals surface area contributed by atoms with Crippen molar-refractivity contribution in [3.8, 4) is 0 Å². The fraction of sp³-hybridized carbons (Fsp3) is 0.250. The van der Waals surface area contributed by atoms with Gasteiger partial charge in [0.25, 0.3) is 0 Å². The SMILES string of the molecule is Cc1ccc(C)c(C(N)CSc2ccc(F)c(F)c2)c1. The standard InChI is InChI=1S/C16H17F2NS/c1-10-3-4-11(2)13(7-10)16(19)9-20-12-5-6-14(17)15(18)8-12/h3-8,16H,9,19H2,1-2H3. The number of aryl methyl sites for hydroxylation is 2. The van der Waals surface area contributed by atoms with Crippen molar-refractivity contribution in [3.05, 3.63) is 64.7 Å². The van der Waals surface area contributed by atoms with Crippen LogP contribution in [0.25, 0.3) is 0 Å². The molecule has 0 aromatic heterocycles. The molecular weight excluding hydrogens is 276 g/mol. The lowest BCUT2D eigenvalue weighted by atomic mass is 10.0. The number of nitrogens with two attached hydrogens (primary N) is 1. The second kappa shape index (κ2) is 6.37. The summed E-state index contributed by atoms with van der Waals surface area (Å²) in [6.45, 7) is 4.05. The molecule has 2 N–H and O–H groups in total. The molecule has 0 bridgehead atoms. The van der Waals surface area contributed by atoms with Gasteiger partial charge in [0.1, 0.15) is 0 Å². The van der Waals surface area contributed by atoms with Crippen LogP contribution in [-0.2, 0) is 0 Å². The minimum Gasteiger partial charge on any atom is -0.323 e. The van der Waals surface area contributed by atoms with Crippen molar-refractivity contribution in [2.45, 2.75) is 24.8 Å². The van der Waals surface area contributed by atoms with E-state index in [9.17, 15) is 8.78 Å². The van der Waals surface area contributed by atoms with Gasteiger partial charge in [-0.25, -0.2) is 8.78 Å². The molecule has 2 rings (SSSR count). The van der Waals surface area contributed by atoms with Gasteiger partial charge in [-0.05, 0) is 43.2 Å². The molecular formula is C16H17F2NS. The molecule has 0 aliphatic carbocycles. The van der Waals surface area contributed by atoms with Crippen LogP contribution >= 0.6 is 11.8 Å². The Hall–Kier alpha value is -1.39. The molecule has 0 saturated heterocycles. The number of hydrogen-bond donors (Lipinski definition) is 1. The summed E-state index contributed by atoms with van der Waals surface area (Å²) >= 11 is 1.43. The first kappa shape index (κ1) is 15.0. The summed E-state index contributed by atoms with van der Waals surface area (Å²) in [6.07, 6.45) is 0. The third-order valence-corrected chi connectivity index (χ3v) is 4.27. The lowest BCUT2D eigenvalue weighted by Crippen LogP contribution is -2.14. The molecule has 2 aromatic rings. The Morgan fingerprint density at radius 2 is 1.80 bits per heavy atom. The van der Waals surface area contributed by atoms with Gasteiger partial charge in [-0.15, -0.1) is 11.8 Å². The van der Waals surface area contributed by atoms with Crippen molar-refractivity contribution >= 4 is 11.8 Å². The molecule has 1 unspecified atom stereocenters. The second-order valence-electron chi connectivity index (χ2n) is 4.85. The van der Waals surface area contributed by atoms with Crippen LogP contribution in [-0.4, -0.2) is 5.75 Å². The monoisotopic (exact) mass is 293 g/mol. The van der Waals surface area contributed by atoms with Crippen LogP contribution in [0.1, 0.15) is 22.7 Å². The summed E-state index contributed by atoms with van der Waals surface area (Å²) < 4.78 is 26.0. The van der Waals surface area contributed by atoms with Crippen molar-refractivity contribution in [2.24, 2.45) is 5.73 Å². The second-order valence-corrected chi connectivity index (χ2v) is 5.95. The predicted octanol–water partition coefficient (Wildman–Crippen LogP) is 4.37. The molecule has 106 valence electrons. The summed E-state index contributed by atoms with van der Waals surface area (Å²) in [5.74, 6) is -1.03. The minimum atomic E-state index is -0.826. The highest BCUT2D eigenvalue weighted by atomic mass is 32.2. The van der Waals surface area contributed by atoms with Crippen molar-refractivity contribution in [3.63, 3.8) is 0 Å². The fourth-order valence-electron chi connectivity index (χ4n) is 2.00. The highest BCUT2D eigenvalue weighted by molar-refractivity contribution is 7.99. The van der Waals surface area contributed by atoms with E-state index in [0.29, 0.717) is 10.6 Å². The Kier molecular flexibility index (Phi) is 4.78. The van der Waals surface area contributed by atoms with E-state index in [2.05, 4.69) is 6.07 Å². The number of benzene rings is 2. The predicted molar refractivity (Wildman–Crippen MR) is 79.9 cm³/mol. The van der Waals surface area contributed by atoms with Gasteiger partial charge >= 0.3 is 0 Å². The number of halogens is 2. The Morgan fingerprint density at radius 1 is 1.05 bits per heavy atom. The molecule has 0 spiro atoms. The molecule has 4 heteroatoms. The topological polar surface area (TPSA) is 26.0 Å². The van der Waals surface area contributed by atoms with E-state index in [4.69, 9.17) is 5.73 Å². The van der Waals surface area contributed by atoms with Crippen molar-refractivity contribution in [1.82, 2.24) is 0 Å². The first-order valence-electron chi connectivity index (χ1n) is 6.38. The van der Waals surface area contributed by atoms with E-state index >= 15 is 0 Å². The number of rotatable bonds is 4. The van der Waals surface area contributed by atoms with Gasteiger partial charge in [0.2, 0.25) is 0 Å². The fourth-order valence-corrected chi connectivity index (χ4v) is 2.90. The Labute approximate surface area is 122 Å². The molecule has 2 aromatic carbocycles. The zero-order valence-corrected chi connectivity index (χ0v) is 12.3. The van der Waals surface area contributed by atoms with Crippen molar-refractivity contribution in [2.75, 3.05) is 5.75 Å². The largest absolute Gasteiger partial charge is 0.323 e. The molecule has 0 aliphatic heterocycles. The van der Waals surface area contributed by atoms with Gasteiger partial charge in [-0.3, -0.25) is 0 Å². The maximum Gasteiger partial charge on any atom is 0.159 e. The zero-order valence-electron chi connectivity index (χ0n) is 11.5. The van der Waals surface area contributed by atoms with Crippen LogP contribution in [0, 0.1) is 25.5 Å². The molecule has 0 amide bonds. The van der Waals surface area contributed by atoms with Gasteiger partial charge in [-0.2, -0.15) is 0 Å². The van der Waals surface area contributed by atoms with Crippen LogP contribution < -0.4 is 5.73 Å². The third kappa shape index (κ3) is 3.58. The molecule has 0 radical (unpaired) electrons.